The summed E-state index contributed by atoms with van der Waals surface area (Å²) in [4.78, 5) is 0. The molecule has 1 N–H and O–H groups in total. The van der Waals surface area contributed by atoms with E-state index >= 15 is 0 Å². The Labute approximate surface area is 118 Å². The van der Waals surface area contributed by atoms with Crippen LogP contribution in [0.4, 0.5) is 0 Å². The molecule has 0 aliphatic heterocycles. The number of ether oxygens (including phenoxy) is 1. The molecule has 0 saturated heterocycles. The summed E-state index contributed by atoms with van der Waals surface area (Å²) in [7, 11) is 0. The summed E-state index contributed by atoms with van der Waals surface area (Å²) in [5.41, 5.74) is 2.97. The van der Waals surface area contributed by atoms with Gasteiger partial charge in [-0.3, -0.25) is 0 Å². The number of benzene rings is 1. The average molecular weight is 263 g/mol. The van der Waals surface area contributed by atoms with Gasteiger partial charge < -0.3 is 10.1 Å². The van der Waals surface area contributed by atoms with Gasteiger partial charge in [0.2, 0.25) is 0 Å². The third kappa shape index (κ3) is 5.65. The molecular formula is C17H29NO. The van der Waals surface area contributed by atoms with Crippen LogP contribution in [0.2, 0.25) is 0 Å². The number of nitrogens with one attached hydrogen (secondary N) is 1. The quantitative estimate of drug-likeness (QED) is 0.766. The van der Waals surface area contributed by atoms with Crippen LogP contribution in [0.5, 0.6) is 5.75 Å². The van der Waals surface area contributed by atoms with E-state index in [1.54, 1.807) is 0 Å². The zero-order valence-corrected chi connectivity index (χ0v) is 13.2. The number of aryl methyl sites for hydroxylation is 2. The first kappa shape index (κ1) is 16.0. The smallest absolute Gasteiger partial charge is 0.122 e. The van der Waals surface area contributed by atoms with Gasteiger partial charge in [-0.25, -0.2) is 0 Å². The van der Waals surface area contributed by atoms with Crippen LogP contribution in [0.1, 0.15) is 45.2 Å². The summed E-state index contributed by atoms with van der Waals surface area (Å²) in [5.74, 6) is 1.05. The molecule has 108 valence electrons. The van der Waals surface area contributed by atoms with Crippen LogP contribution in [0, 0.1) is 12.3 Å². The molecule has 2 heteroatoms. The van der Waals surface area contributed by atoms with Crippen LogP contribution in [0.3, 0.4) is 0 Å². The van der Waals surface area contributed by atoms with E-state index in [1.807, 2.05) is 6.92 Å². The minimum atomic E-state index is 0.323. The van der Waals surface area contributed by atoms with Crippen LogP contribution < -0.4 is 10.1 Å². The summed E-state index contributed by atoms with van der Waals surface area (Å²) >= 11 is 0. The molecule has 0 aliphatic rings. The Morgan fingerprint density at radius 2 is 1.95 bits per heavy atom. The van der Waals surface area contributed by atoms with Crippen molar-refractivity contribution in [2.24, 2.45) is 5.41 Å². The first-order valence-corrected chi connectivity index (χ1v) is 7.41. The highest BCUT2D eigenvalue weighted by Gasteiger charge is 2.18. The second-order valence-electron chi connectivity index (χ2n) is 5.99. The maximum Gasteiger partial charge on any atom is 0.122 e. The molecule has 0 aliphatic carbocycles. The Morgan fingerprint density at radius 3 is 2.58 bits per heavy atom. The molecule has 2 nitrogen and oxygen atoms in total. The monoisotopic (exact) mass is 263 g/mol. The fraction of sp³-hybridized carbons (Fsp3) is 0.647. The van der Waals surface area contributed by atoms with Gasteiger partial charge in [-0.2, -0.15) is 0 Å². The third-order valence-electron chi connectivity index (χ3n) is 3.44. The first-order valence-electron chi connectivity index (χ1n) is 7.41. The highest BCUT2D eigenvalue weighted by Crippen LogP contribution is 2.27. The lowest BCUT2D eigenvalue weighted by Gasteiger charge is -2.25. The normalized spacial score (nSPS) is 11.6. The fourth-order valence-corrected chi connectivity index (χ4v) is 2.22. The van der Waals surface area contributed by atoms with Gasteiger partial charge in [-0.1, -0.05) is 38.5 Å². The van der Waals surface area contributed by atoms with Crippen LogP contribution in [-0.4, -0.2) is 19.7 Å². The summed E-state index contributed by atoms with van der Waals surface area (Å²) < 4.78 is 5.72. The molecule has 0 saturated carbocycles. The predicted molar refractivity (Wildman–Crippen MR) is 83.0 cm³/mol. The summed E-state index contributed by atoms with van der Waals surface area (Å²) in [6.45, 7) is 13.8. The summed E-state index contributed by atoms with van der Waals surface area (Å²) in [5, 5.41) is 3.44. The molecule has 0 aromatic heterocycles. The number of hydrogen-bond donors (Lipinski definition) is 1. The Hall–Kier alpha value is -1.02. The van der Waals surface area contributed by atoms with Crippen molar-refractivity contribution in [2.75, 3.05) is 19.7 Å². The molecule has 1 rings (SSSR count). The number of rotatable bonds is 8. The Kier molecular flexibility index (Phi) is 6.36. The standard InChI is InChI=1S/C17H29NO/c1-6-18-13-17(4,5)11-10-15-12-14(3)8-9-16(15)19-7-2/h8-9,12,18H,6-7,10-11,13H2,1-5H3. The van der Waals surface area contributed by atoms with Crippen molar-refractivity contribution in [1.29, 1.82) is 0 Å². The number of hydrogen-bond acceptors (Lipinski definition) is 2. The van der Waals surface area contributed by atoms with E-state index in [1.165, 1.54) is 17.5 Å². The van der Waals surface area contributed by atoms with Crippen molar-refractivity contribution in [1.82, 2.24) is 5.32 Å². The molecule has 1 aromatic rings. The van der Waals surface area contributed by atoms with Gasteiger partial charge >= 0.3 is 0 Å². The minimum absolute atomic E-state index is 0.323. The topological polar surface area (TPSA) is 21.3 Å². The summed E-state index contributed by atoms with van der Waals surface area (Å²) in [6.07, 6.45) is 2.25. The molecule has 0 radical (unpaired) electrons. The van der Waals surface area contributed by atoms with Crippen molar-refractivity contribution in [3.63, 3.8) is 0 Å². The Balaban J connectivity index is 2.67. The van der Waals surface area contributed by atoms with E-state index in [2.05, 4.69) is 51.2 Å². The van der Waals surface area contributed by atoms with Gasteiger partial charge in [0.15, 0.2) is 0 Å². The molecule has 0 atom stereocenters. The van der Waals surface area contributed by atoms with Crippen molar-refractivity contribution in [3.8, 4) is 5.75 Å². The van der Waals surface area contributed by atoms with Crippen molar-refractivity contribution >= 4 is 0 Å². The SMILES string of the molecule is CCNCC(C)(C)CCc1cc(C)ccc1OCC. The summed E-state index contributed by atoms with van der Waals surface area (Å²) in [6, 6.07) is 6.48. The predicted octanol–water partition coefficient (Wildman–Crippen LogP) is 3.96. The van der Waals surface area contributed by atoms with E-state index in [0.29, 0.717) is 5.41 Å². The zero-order valence-electron chi connectivity index (χ0n) is 13.2. The van der Waals surface area contributed by atoms with Gasteiger partial charge in [0.1, 0.15) is 5.75 Å². The van der Waals surface area contributed by atoms with E-state index < -0.39 is 0 Å². The molecule has 0 amide bonds. The van der Waals surface area contributed by atoms with E-state index in [9.17, 15) is 0 Å². The molecular weight excluding hydrogens is 234 g/mol. The molecule has 19 heavy (non-hydrogen) atoms. The zero-order chi connectivity index (χ0) is 14.3. The van der Waals surface area contributed by atoms with Crippen LogP contribution >= 0.6 is 0 Å². The lowest BCUT2D eigenvalue weighted by molar-refractivity contribution is 0.309. The Bertz CT molecular complexity index is 385. The lowest BCUT2D eigenvalue weighted by Crippen LogP contribution is -2.29. The molecule has 0 bridgehead atoms. The third-order valence-corrected chi connectivity index (χ3v) is 3.44. The van der Waals surface area contributed by atoms with Gasteiger partial charge in [0.25, 0.3) is 0 Å². The van der Waals surface area contributed by atoms with Crippen LogP contribution in [-0.2, 0) is 6.42 Å². The van der Waals surface area contributed by atoms with Gasteiger partial charge in [0.05, 0.1) is 6.61 Å². The molecule has 0 spiro atoms. The van der Waals surface area contributed by atoms with Gasteiger partial charge in [-0.05, 0) is 50.3 Å². The van der Waals surface area contributed by atoms with Gasteiger partial charge in [-0.15, -0.1) is 0 Å². The highest BCUT2D eigenvalue weighted by atomic mass is 16.5. The van der Waals surface area contributed by atoms with Crippen molar-refractivity contribution in [2.45, 2.75) is 47.5 Å². The first-order chi connectivity index (χ1) is 8.98. The largest absolute Gasteiger partial charge is 0.494 e. The highest BCUT2D eigenvalue weighted by molar-refractivity contribution is 5.37. The van der Waals surface area contributed by atoms with E-state index in [4.69, 9.17) is 4.74 Å². The van der Waals surface area contributed by atoms with Gasteiger partial charge in [0, 0.05) is 6.54 Å². The van der Waals surface area contributed by atoms with E-state index in [0.717, 1.165) is 31.9 Å². The Morgan fingerprint density at radius 1 is 1.21 bits per heavy atom. The maximum atomic E-state index is 5.72. The average Bonchev–Trinajstić information content (AvgIpc) is 2.37. The molecule has 0 unspecified atom stereocenters. The lowest BCUT2D eigenvalue weighted by atomic mass is 9.86. The van der Waals surface area contributed by atoms with E-state index in [-0.39, 0.29) is 0 Å². The second kappa shape index (κ2) is 7.54. The van der Waals surface area contributed by atoms with Crippen LogP contribution in [0.15, 0.2) is 18.2 Å². The fourth-order valence-electron chi connectivity index (χ4n) is 2.22. The van der Waals surface area contributed by atoms with Crippen LogP contribution in [0.25, 0.3) is 0 Å². The van der Waals surface area contributed by atoms with Crippen molar-refractivity contribution < 1.29 is 4.74 Å². The van der Waals surface area contributed by atoms with Crippen molar-refractivity contribution in [3.05, 3.63) is 29.3 Å². The second-order valence-corrected chi connectivity index (χ2v) is 5.99. The minimum Gasteiger partial charge on any atom is -0.494 e. The molecule has 0 heterocycles. The molecule has 1 aromatic carbocycles. The molecule has 0 fully saturated rings. The maximum absolute atomic E-state index is 5.72.